The van der Waals surface area contributed by atoms with Gasteiger partial charge in [0.2, 0.25) is 0 Å². The Morgan fingerprint density at radius 2 is 1.54 bits per heavy atom. The molecule has 2 heteroatoms. The molecule has 2 aliphatic heterocycles. The molecule has 1 unspecified atom stereocenters. The molecule has 24 heavy (non-hydrogen) atoms. The largest absolute Gasteiger partial charge is 0.457 e. The third-order valence-electron chi connectivity index (χ3n) is 5.39. The highest BCUT2D eigenvalue weighted by Crippen LogP contribution is 2.48. The Balaban J connectivity index is 1.76. The predicted octanol–water partition coefficient (Wildman–Crippen LogP) is 5.52. The molecule has 0 radical (unpaired) electrons. The number of hydrogen-bond acceptors (Lipinski definition) is 2. The molecule has 1 fully saturated rings. The summed E-state index contributed by atoms with van der Waals surface area (Å²) in [4.78, 5) is 2.65. The first-order valence-electron chi connectivity index (χ1n) is 8.94. The number of fused-ring (bicyclic) bond motifs is 4. The van der Waals surface area contributed by atoms with Gasteiger partial charge in [-0.2, -0.15) is 0 Å². The molecule has 0 aromatic heterocycles. The fraction of sp³-hybridized carbons (Fsp3) is 0.273. The second-order valence-electron chi connectivity index (χ2n) is 6.84. The summed E-state index contributed by atoms with van der Waals surface area (Å²) in [5, 5.41) is 2.61. The minimum Gasteiger partial charge on any atom is -0.457 e. The molecule has 1 atom stereocenters. The van der Waals surface area contributed by atoms with Crippen LogP contribution < -0.4 is 4.74 Å². The maximum Gasteiger partial charge on any atom is 0.133 e. The van der Waals surface area contributed by atoms with Crippen molar-refractivity contribution in [1.82, 2.24) is 4.90 Å². The number of hydrogen-bond donors (Lipinski definition) is 0. The van der Waals surface area contributed by atoms with Crippen molar-refractivity contribution in [1.29, 1.82) is 0 Å². The Kier molecular flexibility index (Phi) is 3.30. The van der Waals surface area contributed by atoms with Crippen LogP contribution in [0.5, 0.6) is 11.5 Å². The molecule has 2 aliphatic rings. The van der Waals surface area contributed by atoms with Crippen molar-refractivity contribution in [3.05, 3.63) is 71.8 Å². The van der Waals surface area contributed by atoms with Gasteiger partial charge in [-0.1, -0.05) is 55.0 Å². The molecular weight excluding hydrogens is 294 g/mol. The van der Waals surface area contributed by atoms with Gasteiger partial charge in [0, 0.05) is 11.1 Å². The summed E-state index contributed by atoms with van der Waals surface area (Å²) in [7, 11) is 0. The molecule has 0 saturated carbocycles. The zero-order chi connectivity index (χ0) is 15.9. The molecule has 1 saturated heterocycles. The van der Waals surface area contributed by atoms with Gasteiger partial charge in [-0.15, -0.1) is 0 Å². The monoisotopic (exact) mass is 315 g/mol. The van der Waals surface area contributed by atoms with Crippen LogP contribution in [0.25, 0.3) is 10.8 Å². The molecule has 0 amide bonds. The lowest BCUT2D eigenvalue weighted by Gasteiger charge is -2.39. The Bertz CT molecular complexity index is 895. The van der Waals surface area contributed by atoms with Crippen molar-refractivity contribution in [3.8, 4) is 11.5 Å². The van der Waals surface area contributed by atoms with Gasteiger partial charge in [-0.3, -0.25) is 4.90 Å². The molecule has 120 valence electrons. The molecule has 0 aliphatic carbocycles. The van der Waals surface area contributed by atoms with Crippen molar-refractivity contribution in [2.45, 2.75) is 25.3 Å². The third-order valence-corrected chi connectivity index (χ3v) is 5.39. The summed E-state index contributed by atoms with van der Waals surface area (Å²) in [6.07, 6.45) is 3.93. The van der Waals surface area contributed by atoms with Gasteiger partial charge in [0.25, 0.3) is 0 Å². The van der Waals surface area contributed by atoms with Crippen LogP contribution in [0.4, 0.5) is 0 Å². The minimum absolute atomic E-state index is 0.302. The van der Waals surface area contributed by atoms with Crippen LogP contribution in [0.1, 0.15) is 36.4 Å². The molecule has 0 spiro atoms. The lowest BCUT2D eigenvalue weighted by molar-refractivity contribution is 0.179. The van der Waals surface area contributed by atoms with E-state index < -0.39 is 0 Å². The Hall–Kier alpha value is -2.32. The lowest BCUT2D eigenvalue weighted by atomic mass is 9.88. The van der Waals surface area contributed by atoms with E-state index in [0.717, 1.165) is 11.5 Å². The smallest absolute Gasteiger partial charge is 0.133 e. The van der Waals surface area contributed by atoms with E-state index in [0.29, 0.717) is 6.04 Å². The first-order valence-corrected chi connectivity index (χ1v) is 8.94. The van der Waals surface area contributed by atoms with Crippen molar-refractivity contribution < 1.29 is 4.74 Å². The first kappa shape index (κ1) is 14.1. The molecule has 2 heterocycles. The number of rotatable bonds is 1. The number of para-hydroxylation sites is 1. The predicted molar refractivity (Wildman–Crippen MR) is 97.7 cm³/mol. The van der Waals surface area contributed by atoms with Crippen LogP contribution in [-0.4, -0.2) is 18.0 Å². The zero-order valence-corrected chi connectivity index (χ0v) is 13.7. The summed E-state index contributed by atoms with van der Waals surface area (Å²) in [5.41, 5.74) is 2.65. The summed E-state index contributed by atoms with van der Waals surface area (Å²) in [6.45, 7) is 2.34. The fourth-order valence-electron chi connectivity index (χ4n) is 4.28. The second kappa shape index (κ2) is 5.64. The molecular formula is C22H21NO. The van der Waals surface area contributed by atoms with Crippen LogP contribution in [0.3, 0.4) is 0 Å². The SMILES string of the molecule is c1ccc2c(c1)Oc1ccc3ccccc3c1C2N1CCCCC1. The van der Waals surface area contributed by atoms with E-state index in [9.17, 15) is 0 Å². The highest BCUT2D eigenvalue weighted by atomic mass is 16.5. The van der Waals surface area contributed by atoms with E-state index in [1.165, 1.54) is 54.3 Å². The van der Waals surface area contributed by atoms with Crippen LogP contribution >= 0.6 is 0 Å². The van der Waals surface area contributed by atoms with Crippen LogP contribution in [0, 0.1) is 0 Å². The first-order chi connectivity index (χ1) is 11.9. The molecule has 2 nitrogen and oxygen atoms in total. The molecule has 5 rings (SSSR count). The fourth-order valence-corrected chi connectivity index (χ4v) is 4.28. The average molecular weight is 315 g/mol. The van der Waals surface area contributed by atoms with Gasteiger partial charge >= 0.3 is 0 Å². The van der Waals surface area contributed by atoms with E-state index in [4.69, 9.17) is 4.74 Å². The zero-order valence-electron chi connectivity index (χ0n) is 13.7. The Morgan fingerprint density at radius 3 is 2.46 bits per heavy atom. The van der Waals surface area contributed by atoms with Crippen LogP contribution in [0.15, 0.2) is 60.7 Å². The average Bonchev–Trinajstić information content (AvgIpc) is 2.66. The van der Waals surface area contributed by atoms with Gasteiger partial charge in [0.15, 0.2) is 0 Å². The number of ether oxygens (including phenoxy) is 1. The van der Waals surface area contributed by atoms with Gasteiger partial charge in [-0.25, -0.2) is 0 Å². The standard InChI is InChI=1S/C22H21NO/c1-6-14-23(15-7-1)22-18-10-4-5-11-19(18)24-20-13-12-16-8-2-3-9-17(16)21(20)22/h2-5,8-13,22H,1,6-7,14-15H2. The summed E-state index contributed by atoms with van der Waals surface area (Å²) < 4.78 is 6.28. The third kappa shape index (κ3) is 2.14. The molecule has 0 N–H and O–H groups in total. The van der Waals surface area contributed by atoms with E-state index in [-0.39, 0.29) is 0 Å². The minimum atomic E-state index is 0.302. The quantitative estimate of drug-likeness (QED) is 0.586. The summed E-state index contributed by atoms with van der Waals surface area (Å²) in [5.74, 6) is 2.03. The number of piperidine rings is 1. The Labute approximate surface area is 142 Å². The summed E-state index contributed by atoms with van der Waals surface area (Å²) in [6, 6.07) is 21.8. The Morgan fingerprint density at radius 1 is 0.750 bits per heavy atom. The van der Waals surface area contributed by atoms with Crippen LogP contribution in [0.2, 0.25) is 0 Å². The molecule has 0 bridgehead atoms. The number of likely N-dealkylation sites (tertiary alicyclic amines) is 1. The highest BCUT2D eigenvalue weighted by molar-refractivity contribution is 5.89. The van der Waals surface area contributed by atoms with E-state index in [2.05, 4.69) is 65.6 Å². The van der Waals surface area contributed by atoms with E-state index in [1.807, 2.05) is 0 Å². The van der Waals surface area contributed by atoms with Crippen molar-refractivity contribution in [2.75, 3.05) is 13.1 Å². The van der Waals surface area contributed by atoms with Gasteiger partial charge in [0.1, 0.15) is 11.5 Å². The number of benzene rings is 3. The molecule has 3 aromatic rings. The number of nitrogens with zero attached hydrogens (tertiary/aromatic N) is 1. The van der Waals surface area contributed by atoms with Gasteiger partial charge in [-0.05, 0) is 48.8 Å². The topological polar surface area (TPSA) is 12.5 Å². The van der Waals surface area contributed by atoms with Crippen molar-refractivity contribution in [2.24, 2.45) is 0 Å². The van der Waals surface area contributed by atoms with E-state index in [1.54, 1.807) is 0 Å². The second-order valence-corrected chi connectivity index (χ2v) is 6.84. The normalized spacial score (nSPS) is 20.2. The van der Waals surface area contributed by atoms with E-state index >= 15 is 0 Å². The maximum atomic E-state index is 6.28. The molecule has 3 aromatic carbocycles. The summed E-state index contributed by atoms with van der Waals surface area (Å²) >= 11 is 0. The van der Waals surface area contributed by atoms with Gasteiger partial charge in [0.05, 0.1) is 6.04 Å². The van der Waals surface area contributed by atoms with Crippen LogP contribution in [-0.2, 0) is 0 Å². The highest BCUT2D eigenvalue weighted by Gasteiger charge is 2.33. The van der Waals surface area contributed by atoms with Crippen molar-refractivity contribution >= 4 is 10.8 Å². The lowest BCUT2D eigenvalue weighted by Crippen LogP contribution is -2.35. The van der Waals surface area contributed by atoms with Crippen molar-refractivity contribution in [3.63, 3.8) is 0 Å². The maximum absolute atomic E-state index is 6.28. The van der Waals surface area contributed by atoms with Gasteiger partial charge < -0.3 is 4.74 Å².